The van der Waals surface area contributed by atoms with Gasteiger partial charge >= 0.3 is 0 Å². The molecule has 0 aromatic rings. The molecular formula is C25H44OSi. The Labute approximate surface area is 170 Å². The summed E-state index contributed by atoms with van der Waals surface area (Å²) in [5.74, 6) is 1.39. The first-order chi connectivity index (χ1) is 12.7. The average molecular weight is 389 g/mol. The van der Waals surface area contributed by atoms with Gasteiger partial charge in [0.15, 0.2) is 8.32 Å². The second-order valence-electron chi connectivity index (χ2n) is 10.5. The molecule has 0 N–H and O–H groups in total. The van der Waals surface area contributed by atoms with E-state index in [1.165, 1.54) is 50.2 Å². The number of rotatable bonds is 6. The summed E-state index contributed by atoms with van der Waals surface area (Å²) in [6.45, 7) is 17.1. The van der Waals surface area contributed by atoms with Crippen LogP contribution in [0.3, 0.4) is 0 Å². The summed E-state index contributed by atoms with van der Waals surface area (Å²) in [6.07, 6.45) is 13.2. The van der Waals surface area contributed by atoms with Crippen LogP contribution in [0.4, 0.5) is 0 Å². The van der Waals surface area contributed by atoms with Crippen molar-refractivity contribution in [3.8, 4) is 0 Å². The zero-order valence-corrected chi connectivity index (χ0v) is 20.2. The molecule has 2 heteroatoms. The van der Waals surface area contributed by atoms with Gasteiger partial charge in [0.2, 0.25) is 0 Å². The first kappa shape index (κ1) is 21.4. The van der Waals surface area contributed by atoms with Crippen LogP contribution in [0.15, 0.2) is 23.3 Å². The van der Waals surface area contributed by atoms with Crippen LogP contribution in [-0.2, 0) is 4.43 Å². The Morgan fingerprint density at radius 2 is 1.63 bits per heavy atom. The van der Waals surface area contributed by atoms with E-state index in [1.54, 1.807) is 5.57 Å². The molecule has 0 amide bonds. The molecule has 0 aromatic heterocycles. The normalized spacial score (nSPS) is 36.7. The van der Waals surface area contributed by atoms with Crippen LogP contribution in [0.2, 0.25) is 18.1 Å². The fourth-order valence-corrected chi connectivity index (χ4v) is 9.57. The van der Waals surface area contributed by atoms with Crippen molar-refractivity contribution in [3.63, 3.8) is 0 Å². The minimum absolute atomic E-state index is 0.306. The molecule has 3 aliphatic rings. The summed E-state index contributed by atoms with van der Waals surface area (Å²) in [5.41, 5.74) is 4.43. The molecule has 0 bridgehead atoms. The van der Waals surface area contributed by atoms with Gasteiger partial charge in [-0.25, -0.2) is 0 Å². The summed E-state index contributed by atoms with van der Waals surface area (Å²) < 4.78 is 7.22. The van der Waals surface area contributed by atoms with Gasteiger partial charge in [-0.2, -0.15) is 0 Å². The molecule has 0 aromatic carbocycles. The van der Waals surface area contributed by atoms with E-state index >= 15 is 0 Å². The molecule has 0 radical (unpaired) electrons. The van der Waals surface area contributed by atoms with E-state index in [1.807, 2.05) is 5.57 Å². The molecule has 4 atom stereocenters. The third kappa shape index (κ3) is 3.54. The van der Waals surface area contributed by atoms with Crippen LogP contribution < -0.4 is 0 Å². The van der Waals surface area contributed by atoms with Gasteiger partial charge in [-0.1, -0.05) is 71.8 Å². The second kappa shape index (κ2) is 7.82. The van der Waals surface area contributed by atoms with Gasteiger partial charge in [0.1, 0.15) is 0 Å². The van der Waals surface area contributed by atoms with E-state index in [9.17, 15) is 0 Å². The van der Waals surface area contributed by atoms with E-state index in [0.29, 0.717) is 28.8 Å². The van der Waals surface area contributed by atoms with Crippen LogP contribution in [0.1, 0.15) is 87.0 Å². The van der Waals surface area contributed by atoms with E-state index in [2.05, 4.69) is 60.6 Å². The van der Waals surface area contributed by atoms with E-state index in [0.717, 1.165) is 6.42 Å². The quantitative estimate of drug-likeness (QED) is 0.332. The fourth-order valence-electron chi connectivity index (χ4n) is 6.60. The number of hydrogen-bond acceptors (Lipinski definition) is 1. The Kier molecular flexibility index (Phi) is 6.19. The van der Waals surface area contributed by atoms with Crippen molar-refractivity contribution in [2.75, 3.05) is 0 Å². The lowest BCUT2D eigenvalue weighted by Crippen LogP contribution is -2.51. The Morgan fingerprint density at radius 1 is 1.00 bits per heavy atom. The van der Waals surface area contributed by atoms with Gasteiger partial charge < -0.3 is 4.43 Å². The first-order valence-electron chi connectivity index (χ1n) is 11.8. The Balaban J connectivity index is 2.02. The molecule has 1 fully saturated rings. The van der Waals surface area contributed by atoms with Gasteiger partial charge in [0.05, 0.1) is 6.10 Å². The topological polar surface area (TPSA) is 9.23 Å². The van der Waals surface area contributed by atoms with Crippen molar-refractivity contribution in [1.29, 1.82) is 0 Å². The number of fused-ring (bicyclic) bond motifs is 3. The van der Waals surface area contributed by atoms with E-state index in [-0.39, 0.29) is 0 Å². The molecule has 154 valence electrons. The minimum atomic E-state index is -1.59. The maximum Gasteiger partial charge on any atom is 0.192 e. The molecule has 1 saturated carbocycles. The molecule has 0 aliphatic heterocycles. The highest BCUT2D eigenvalue weighted by atomic mass is 28.4. The van der Waals surface area contributed by atoms with Gasteiger partial charge in [-0.3, -0.25) is 0 Å². The van der Waals surface area contributed by atoms with Gasteiger partial charge in [0, 0.05) is 0 Å². The van der Waals surface area contributed by atoms with Crippen molar-refractivity contribution in [3.05, 3.63) is 23.3 Å². The van der Waals surface area contributed by atoms with Gasteiger partial charge in [0.25, 0.3) is 0 Å². The minimum Gasteiger partial charge on any atom is -0.413 e. The Hall–Kier alpha value is -0.343. The molecule has 1 nitrogen and oxygen atoms in total. The third-order valence-electron chi connectivity index (χ3n) is 8.95. The maximum absolute atomic E-state index is 7.22. The highest BCUT2D eigenvalue weighted by molar-refractivity contribution is 6.73. The lowest BCUT2D eigenvalue weighted by atomic mass is 9.54. The second-order valence-corrected chi connectivity index (χ2v) is 15.2. The predicted octanol–water partition coefficient (Wildman–Crippen LogP) is 7.90. The highest BCUT2D eigenvalue weighted by Gasteiger charge is 2.55. The molecular weight excluding hydrogens is 344 g/mol. The van der Waals surface area contributed by atoms with Crippen molar-refractivity contribution in [2.24, 2.45) is 22.7 Å². The highest BCUT2D eigenvalue weighted by Crippen LogP contribution is 2.63. The predicted molar refractivity (Wildman–Crippen MR) is 120 cm³/mol. The lowest BCUT2D eigenvalue weighted by Gasteiger charge is -2.54. The molecule has 1 unspecified atom stereocenters. The van der Waals surface area contributed by atoms with E-state index in [4.69, 9.17) is 4.43 Å². The molecule has 27 heavy (non-hydrogen) atoms. The molecule has 3 aliphatic carbocycles. The van der Waals surface area contributed by atoms with Gasteiger partial charge in [-0.15, -0.1) is 0 Å². The van der Waals surface area contributed by atoms with Crippen molar-refractivity contribution < 1.29 is 4.43 Å². The fraction of sp³-hybridized carbons (Fsp3) is 0.840. The first-order valence-corrected chi connectivity index (χ1v) is 14.3. The van der Waals surface area contributed by atoms with Crippen molar-refractivity contribution >= 4 is 8.32 Å². The lowest BCUT2D eigenvalue weighted by molar-refractivity contribution is -0.0192. The molecule has 3 rings (SSSR count). The number of allylic oxidation sites excluding steroid dienone is 3. The van der Waals surface area contributed by atoms with Crippen LogP contribution in [0.5, 0.6) is 0 Å². The summed E-state index contributed by atoms with van der Waals surface area (Å²) >= 11 is 0. The van der Waals surface area contributed by atoms with Crippen LogP contribution in [-0.4, -0.2) is 14.4 Å². The maximum atomic E-state index is 7.22. The molecule has 0 saturated heterocycles. The average Bonchev–Trinajstić information content (AvgIpc) is 2.93. The van der Waals surface area contributed by atoms with Crippen molar-refractivity contribution in [1.82, 2.24) is 0 Å². The number of hydrogen-bond donors (Lipinski definition) is 0. The molecule has 0 heterocycles. The van der Waals surface area contributed by atoms with Gasteiger partial charge in [-0.05, 0) is 79.3 Å². The van der Waals surface area contributed by atoms with Crippen LogP contribution in [0.25, 0.3) is 0 Å². The van der Waals surface area contributed by atoms with E-state index < -0.39 is 8.32 Å². The summed E-state index contributed by atoms with van der Waals surface area (Å²) in [5, 5.41) is 0. The van der Waals surface area contributed by atoms with Crippen LogP contribution in [0, 0.1) is 22.7 Å². The SMILES string of the molecule is CC[Si](CC)(CC)OC1CC=CC[C@H]2C3=C(C(C)C)CC[C@]3(C)CC[C@@]12C. The monoisotopic (exact) mass is 388 g/mol. The Morgan fingerprint density at radius 3 is 2.22 bits per heavy atom. The largest absolute Gasteiger partial charge is 0.413 e. The summed E-state index contributed by atoms with van der Waals surface area (Å²) in [6, 6.07) is 3.79. The zero-order chi connectivity index (χ0) is 19.9. The smallest absolute Gasteiger partial charge is 0.192 e. The zero-order valence-electron chi connectivity index (χ0n) is 19.2. The summed E-state index contributed by atoms with van der Waals surface area (Å²) in [4.78, 5) is 0. The van der Waals surface area contributed by atoms with Crippen molar-refractivity contribution in [2.45, 2.75) is 111 Å². The standard InChI is InChI=1S/C25H44OSi/c1-8-27(9-2,10-3)26-22-14-12-11-13-21-23-20(19(4)5)15-16-24(23,6)17-18-25(21,22)7/h11-12,19,21-22H,8-10,13-18H2,1-7H3/t21-,22?,24+,25+/m0/s1. The summed E-state index contributed by atoms with van der Waals surface area (Å²) in [7, 11) is -1.59. The third-order valence-corrected chi connectivity index (χ3v) is 13.6. The Bertz CT molecular complexity index is 591. The molecule has 0 spiro atoms. The van der Waals surface area contributed by atoms with Crippen LogP contribution >= 0.6 is 0 Å².